The van der Waals surface area contributed by atoms with Gasteiger partial charge in [0.1, 0.15) is 0 Å². The van der Waals surface area contributed by atoms with E-state index in [2.05, 4.69) is 0 Å². The Morgan fingerprint density at radius 3 is 2.50 bits per heavy atom. The van der Waals surface area contributed by atoms with Crippen molar-refractivity contribution in [2.45, 2.75) is 32.1 Å². The minimum Gasteiger partial charge on any atom is -0.478 e. The van der Waals surface area contributed by atoms with Crippen LogP contribution in [0.1, 0.15) is 37.7 Å². The average Bonchev–Trinajstić information content (AvgIpc) is 2.49. The van der Waals surface area contributed by atoms with Crippen molar-refractivity contribution in [2.24, 2.45) is 0 Å². The summed E-state index contributed by atoms with van der Waals surface area (Å²) in [6.45, 7) is -0.0281. The number of carboxylic acid groups (broad SMARTS) is 1. The summed E-state index contributed by atoms with van der Waals surface area (Å²) in [5.74, 6) is -0.793. The van der Waals surface area contributed by atoms with E-state index in [0.717, 1.165) is 36.0 Å². The SMILES string of the molecule is O=C(O)C1=C(C/C=C(\CO)c2ccccc2)CCCC1. The maximum atomic E-state index is 11.2. The fourth-order valence-electron chi connectivity index (χ4n) is 2.62. The zero-order chi connectivity index (χ0) is 14.4. The monoisotopic (exact) mass is 272 g/mol. The Morgan fingerprint density at radius 2 is 1.85 bits per heavy atom. The smallest absolute Gasteiger partial charge is 0.331 e. The maximum absolute atomic E-state index is 11.2. The third-order valence-corrected chi connectivity index (χ3v) is 3.75. The molecule has 1 aliphatic carbocycles. The Labute approximate surface area is 119 Å². The summed E-state index contributed by atoms with van der Waals surface area (Å²) in [4.78, 5) is 11.2. The predicted molar refractivity (Wildman–Crippen MR) is 79.3 cm³/mol. The molecule has 1 aromatic rings. The molecule has 0 radical (unpaired) electrons. The van der Waals surface area contributed by atoms with E-state index < -0.39 is 5.97 Å². The molecule has 0 aliphatic heterocycles. The Bertz CT molecular complexity index is 526. The number of carboxylic acids is 1. The molecule has 0 spiro atoms. The number of aliphatic carboxylic acids is 1. The third kappa shape index (κ3) is 3.58. The number of hydrogen-bond donors (Lipinski definition) is 2. The molecule has 2 N–H and O–H groups in total. The van der Waals surface area contributed by atoms with Crippen LogP contribution in [0.25, 0.3) is 5.57 Å². The topological polar surface area (TPSA) is 57.5 Å². The molecule has 0 atom stereocenters. The first kappa shape index (κ1) is 14.5. The van der Waals surface area contributed by atoms with Crippen LogP contribution in [0, 0.1) is 0 Å². The van der Waals surface area contributed by atoms with Crippen LogP contribution in [0.3, 0.4) is 0 Å². The van der Waals surface area contributed by atoms with Gasteiger partial charge in [0, 0.05) is 5.57 Å². The quantitative estimate of drug-likeness (QED) is 0.863. The lowest BCUT2D eigenvalue weighted by Crippen LogP contribution is -2.09. The lowest BCUT2D eigenvalue weighted by Gasteiger charge is -2.17. The van der Waals surface area contributed by atoms with E-state index in [1.807, 2.05) is 36.4 Å². The molecule has 1 aromatic carbocycles. The number of hydrogen-bond acceptors (Lipinski definition) is 2. The summed E-state index contributed by atoms with van der Waals surface area (Å²) in [5, 5.41) is 18.7. The van der Waals surface area contributed by atoms with Crippen molar-refractivity contribution >= 4 is 11.5 Å². The molecule has 0 fully saturated rings. The first-order valence-electron chi connectivity index (χ1n) is 7.02. The van der Waals surface area contributed by atoms with E-state index >= 15 is 0 Å². The highest BCUT2D eigenvalue weighted by molar-refractivity contribution is 5.87. The van der Waals surface area contributed by atoms with Crippen molar-refractivity contribution in [3.05, 3.63) is 53.1 Å². The summed E-state index contributed by atoms with van der Waals surface area (Å²) >= 11 is 0. The van der Waals surface area contributed by atoms with Gasteiger partial charge in [-0.2, -0.15) is 0 Å². The number of rotatable bonds is 5. The second kappa shape index (κ2) is 7.06. The van der Waals surface area contributed by atoms with Gasteiger partial charge in [-0.1, -0.05) is 42.0 Å². The first-order chi connectivity index (χ1) is 9.72. The second-order valence-corrected chi connectivity index (χ2v) is 5.05. The molecule has 106 valence electrons. The molecule has 0 saturated carbocycles. The zero-order valence-corrected chi connectivity index (χ0v) is 11.5. The predicted octanol–water partition coefficient (Wildman–Crippen LogP) is 3.41. The average molecular weight is 272 g/mol. The van der Waals surface area contributed by atoms with E-state index in [0.29, 0.717) is 18.4 Å². The van der Waals surface area contributed by atoms with Crippen LogP contribution < -0.4 is 0 Å². The number of benzene rings is 1. The highest BCUT2D eigenvalue weighted by atomic mass is 16.4. The van der Waals surface area contributed by atoms with Gasteiger partial charge in [0.25, 0.3) is 0 Å². The summed E-state index contributed by atoms with van der Waals surface area (Å²) < 4.78 is 0. The van der Waals surface area contributed by atoms with Gasteiger partial charge in [-0.3, -0.25) is 0 Å². The van der Waals surface area contributed by atoms with Crippen LogP contribution in [-0.2, 0) is 4.79 Å². The lowest BCUT2D eigenvalue weighted by molar-refractivity contribution is -0.133. The molecule has 1 aliphatic rings. The largest absolute Gasteiger partial charge is 0.478 e. The Kier molecular flexibility index (Phi) is 5.13. The third-order valence-electron chi connectivity index (χ3n) is 3.75. The number of aliphatic hydroxyl groups is 1. The zero-order valence-electron chi connectivity index (χ0n) is 11.5. The molecular formula is C17H20O3. The minimum atomic E-state index is -0.793. The van der Waals surface area contributed by atoms with Crippen LogP contribution in [0.15, 0.2) is 47.6 Å². The highest BCUT2D eigenvalue weighted by Gasteiger charge is 2.17. The highest BCUT2D eigenvalue weighted by Crippen LogP contribution is 2.28. The Morgan fingerprint density at radius 1 is 1.15 bits per heavy atom. The van der Waals surface area contributed by atoms with Gasteiger partial charge in [-0.15, -0.1) is 0 Å². The van der Waals surface area contributed by atoms with Gasteiger partial charge in [0.15, 0.2) is 0 Å². The van der Waals surface area contributed by atoms with Gasteiger partial charge >= 0.3 is 5.97 Å². The molecule has 3 nitrogen and oxygen atoms in total. The van der Waals surface area contributed by atoms with Gasteiger partial charge in [-0.05, 0) is 43.2 Å². The molecule has 0 bridgehead atoms. The van der Waals surface area contributed by atoms with Gasteiger partial charge in [0.2, 0.25) is 0 Å². The van der Waals surface area contributed by atoms with Crippen molar-refractivity contribution in [1.29, 1.82) is 0 Å². The Hall–Kier alpha value is -1.87. The van der Waals surface area contributed by atoms with Crippen LogP contribution in [0.2, 0.25) is 0 Å². The van der Waals surface area contributed by atoms with Gasteiger partial charge in [-0.25, -0.2) is 4.79 Å². The molecular weight excluding hydrogens is 252 g/mol. The van der Waals surface area contributed by atoms with E-state index in [4.69, 9.17) is 0 Å². The molecule has 0 amide bonds. The molecule has 3 heteroatoms. The van der Waals surface area contributed by atoms with Crippen LogP contribution in [0.5, 0.6) is 0 Å². The van der Waals surface area contributed by atoms with Crippen molar-refractivity contribution in [2.75, 3.05) is 6.61 Å². The number of allylic oxidation sites excluding steroid dienone is 2. The summed E-state index contributed by atoms with van der Waals surface area (Å²) in [5.41, 5.74) is 3.42. The second-order valence-electron chi connectivity index (χ2n) is 5.05. The molecule has 0 saturated heterocycles. The van der Waals surface area contributed by atoms with E-state index in [-0.39, 0.29) is 6.61 Å². The fraction of sp³-hybridized carbons (Fsp3) is 0.353. The summed E-state index contributed by atoms with van der Waals surface area (Å²) in [6.07, 6.45) is 6.11. The van der Waals surface area contributed by atoms with Crippen molar-refractivity contribution < 1.29 is 15.0 Å². The normalized spacial score (nSPS) is 16.4. The van der Waals surface area contributed by atoms with Crippen LogP contribution >= 0.6 is 0 Å². The number of aliphatic hydroxyl groups excluding tert-OH is 1. The minimum absolute atomic E-state index is 0.0281. The number of carbonyl (C=O) groups is 1. The van der Waals surface area contributed by atoms with Crippen molar-refractivity contribution in [3.63, 3.8) is 0 Å². The standard InChI is InChI=1S/C17H20O3/c18-12-15(13-6-2-1-3-7-13)11-10-14-8-4-5-9-16(14)17(19)20/h1-3,6-7,11,18H,4-5,8-10,12H2,(H,19,20)/b15-11+. The van der Waals surface area contributed by atoms with E-state index in [9.17, 15) is 15.0 Å². The van der Waals surface area contributed by atoms with E-state index in [1.54, 1.807) is 0 Å². The fourth-order valence-corrected chi connectivity index (χ4v) is 2.62. The molecule has 20 heavy (non-hydrogen) atoms. The van der Waals surface area contributed by atoms with Crippen LogP contribution in [0.4, 0.5) is 0 Å². The first-order valence-corrected chi connectivity index (χ1v) is 7.02. The molecule has 0 heterocycles. The summed E-state index contributed by atoms with van der Waals surface area (Å²) in [6, 6.07) is 9.71. The Balaban J connectivity index is 2.19. The molecule has 0 unspecified atom stereocenters. The van der Waals surface area contributed by atoms with Gasteiger partial charge < -0.3 is 10.2 Å². The maximum Gasteiger partial charge on any atom is 0.331 e. The van der Waals surface area contributed by atoms with Gasteiger partial charge in [0.05, 0.1) is 6.61 Å². The van der Waals surface area contributed by atoms with Crippen molar-refractivity contribution in [3.8, 4) is 0 Å². The van der Waals surface area contributed by atoms with Crippen LogP contribution in [-0.4, -0.2) is 22.8 Å². The summed E-state index contributed by atoms with van der Waals surface area (Å²) in [7, 11) is 0. The lowest BCUT2D eigenvalue weighted by atomic mass is 9.89. The van der Waals surface area contributed by atoms with E-state index in [1.165, 1.54) is 0 Å². The molecule has 2 rings (SSSR count). The van der Waals surface area contributed by atoms with Crippen molar-refractivity contribution in [1.82, 2.24) is 0 Å². The molecule has 0 aromatic heterocycles.